The molecule has 2 aromatic rings. The Morgan fingerprint density at radius 3 is 2.20 bits per heavy atom. The SMILES string of the molecule is CC(=O)Nc1cccc(N(CC(=O)Nc2ccccc2)S(C)(=O)=O)c1. The van der Waals surface area contributed by atoms with Crippen LogP contribution in [0.4, 0.5) is 17.1 Å². The minimum atomic E-state index is -3.69. The number of carbonyl (C=O) groups is 2. The number of amides is 2. The summed E-state index contributed by atoms with van der Waals surface area (Å²) in [6.07, 6.45) is 1.02. The highest BCUT2D eigenvalue weighted by Crippen LogP contribution is 2.22. The van der Waals surface area contributed by atoms with Gasteiger partial charge in [-0.1, -0.05) is 24.3 Å². The molecule has 0 aliphatic rings. The Kier molecular flexibility index (Phi) is 5.76. The predicted octanol–water partition coefficient (Wildman–Crippen LogP) is 2.05. The van der Waals surface area contributed by atoms with E-state index >= 15 is 0 Å². The Labute approximate surface area is 146 Å². The van der Waals surface area contributed by atoms with Crippen LogP contribution in [0.3, 0.4) is 0 Å². The Bertz CT molecular complexity index is 866. The van der Waals surface area contributed by atoms with Crippen LogP contribution in [-0.4, -0.2) is 33.0 Å². The topological polar surface area (TPSA) is 95.6 Å². The van der Waals surface area contributed by atoms with Crippen molar-refractivity contribution in [1.82, 2.24) is 0 Å². The average Bonchev–Trinajstić information content (AvgIpc) is 2.52. The van der Waals surface area contributed by atoms with Gasteiger partial charge in [0.25, 0.3) is 0 Å². The van der Waals surface area contributed by atoms with Crippen LogP contribution >= 0.6 is 0 Å². The van der Waals surface area contributed by atoms with Gasteiger partial charge in [0.2, 0.25) is 21.8 Å². The van der Waals surface area contributed by atoms with Gasteiger partial charge >= 0.3 is 0 Å². The van der Waals surface area contributed by atoms with Gasteiger partial charge in [-0.25, -0.2) is 8.42 Å². The first-order valence-electron chi connectivity index (χ1n) is 7.46. The van der Waals surface area contributed by atoms with Gasteiger partial charge in [0.05, 0.1) is 11.9 Å². The first kappa shape index (κ1) is 18.5. The molecule has 0 aliphatic heterocycles. The molecule has 0 saturated heterocycles. The first-order chi connectivity index (χ1) is 11.8. The molecular weight excluding hydrogens is 342 g/mol. The largest absolute Gasteiger partial charge is 0.326 e. The van der Waals surface area contributed by atoms with E-state index in [9.17, 15) is 18.0 Å². The summed E-state index contributed by atoms with van der Waals surface area (Å²) in [6.45, 7) is 0.978. The van der Waals surface area contributed by atoms with Crippen LogP contribution in [0.1, 0.15) is 6.92 Å². The molecule has 25 heavy (non-hydrogen) atoms. The van der Waals surface area contributed by atoms with Crippen molar-refractivity contribution in [3.8, 4) is 0 Å². The van der Waals surface area contributed by atoms with E-state index in [1.54, 1.807) is 42.5 Å². The summed E-state index contributed by atoms with van der Waals surface area (Å²) < 4.78 is 25.2. The van der Waals surface area contributed by atoms with E-state index in [1.165, 1.54) is 13.0 Å². The van der Waals surface area contributed by atoms with E-state index in [-0.39, 0.29) is 18.1 Å². The number of hydrogen-bond donors (Lipinski definition) is 2. The number of para-hydroxylation sites is 1. The van der Waals surface area contributed by atoms with E-state index in [4.69, 9.17) is 0 Å². The van der Waals surface area contributed by atoms with Crippen molar-refractivity contribution < 1.29 is 18.0 Å². The fraction of sp³-hybridized carbons (Fsp3) is 0.176. The number of rotatable bonds is 6. The lowest BCUT2D eigenvalue weighted by molar-refractivity contribution is -0.115. The fourth-order valence-corrected chi connectivity index (χ4v) is 3.04. The number of nitrogens with zero attached hydrogens (tertiary/aromatic N) is 1. The predicted molar refractivity (Wildman–Crippen MR) is 98.0 cm³/mol. The van der Waals surface area contributed by atoms with Crippen LogP contribution in [0.5, 0.6) is 0 Å². The monoisotopic (exact) mass is 361 g/mol. The van der Waals surface area contributed by atoms with Crippen LogP contribution in [-0.2, 0) is 19.6 Å². The lowest BCUT2D eigenvalue weighted by Gasteiger charge is -2.22. The zero-order valence-corrected chi connectivity index (χ0v) is 14.7. The number of nitrogens with one attached hydrogen (secondary N) is 2. The maximum absolute atomic E-state index is 12.2. The molecule has 0 aromatic heterocycles. The molecular formula is C17H19N3O4S. The average molecular weight is 361 g/mol. The molecule has 0 unspecified atom stereocenters. The Hall–Kier alpha value is -2.87. The molecule has 0 fully saturated rings. The fourth-order valence-electron chi connectivity index (χ4n) is 2.19. The van der Waals surface area contributed by atoms with Crippen LogP contribution < -0.4 is 14.9 Å². The summed E-state index contributed by atoms with van der Waals surface area (Å²) in [5.41, 5.74) is 1.31. The van der Waals surface area contributed by atoms with Gasteiger partial charge < -0.3 is 10.6 Å². The quantitative estimate of drug-likeness (QED) is 0.823. The van der Waals surface area contributed by atoms with Crippen molar-refractivity contribution in [2.45, 2.75) is 6.92 Å². The number of anilines is 3. The zero-order chi connectivity index (χ0) is 18.4. The first-order valence-corrected chi connectivity index (χ1v) is 9.31. The summed E-state index contributed by atoms with van der Waals surface area (Å²) in [5.74, 6) is -0.744. The van der Waals surface area contributed by atoms with Crippen molar-refractivity contribution >= 4 is 38.9 Å². The molecule has 2 rings (SSSR count). The summed E-state index contributed by atoms with van der Waals surface area (Å²) in [5, 5.41) is 5.23. The normalized spacial score (nSPS) is 10.8. The number of carbonyl (C=O) groups excluding carboxylic acids is 2. The smallest absolute Gasteiger partial charge is 0.245 e. The lowest BCUT2D eigenvalue weighted by Crippen LogP contribution is -2.37. The van der Waals surface area contributed by atoms with Gasteiger partial charge in [0, 0.05) is 18.3 Å². The minimum absolute atomic E-state index is 0.273. The second-order valence-electron chi connectivity index (χ2n) is 5.42. The summed E-state index contributed by atoms with van der Waals surface area (Å²) in [6, 6.07) is 15.1. The van der Waals surface area contributed by atoms with Gasteiger partial charge in [0.1, 0.15) is 6.54 Å². The molecule has 0 aliphatic carbocycles. The van der Waals surface area contributed by atoms with E-state index in [1.807, 2.05) is 6.07 Å². The van der Waals surface area contributed by atoms with Crippen molar-refractivity contribution in [3.63, 3.8) is 0 Å². The van der Waals surface area contributed by atoms with Gasteiger partial charge in [-0.2, -0.15) is 0 Å². The molecule has 0 heterocycles. The Morgan fingerprint density at radius 1 is 0.960 bits per heavy atom. The molecule has 0 saturated carbocycles. The van der Waals surface area contributed by atoms with E-state index in [0.717, 1.165) is 10.6 Å². The van der Waals surface area contributed by atoms with Crippen molar-refractivity contribution in [2.24, 2.45) is 0 Å². The van der Waals surface area contributed by atoms with E-state index in [2.05, 4.69) is 10.6 Å². The van der Waals surface area contributed by atoms with Crippen LogP contribution in [0.2, 0.25) is 0 Å². The van der Waals surface area contributed by atoms with Gasteiger partial charge in [-0.05, 0) is 30.3 Å². The molecule has 0 spiro atoms. The molecule has 2 aromatic carbocycles. The van der Waals surface area contributed by atoms with Crippen LogP contribution in [0, 0.1) is 0 Å². The maximum atomic E-state index is 12.2. The van der Waals surface area contributed by atoms with Gasteiger partial charge in [-0.3, -0.25) is 13.9 Å². The molecule has 2 amide bonds. The lowest BCUT2D eigenvalue weighted by atomic mass is 10.2. The maximum Gasteiger partial charge on any atom is 0.245 e. The molecule has 7 nitrogen and oxygen atoms in total. The van der Waals surface area contributed by atoms with Crippen LogP contribution in [0.15, 0.2) is 54.6 Å². The molecule has 0 radical (unpaired) electrons. The summed E-state index contributed by atoms with van der Waals surface area (Å²) in [4.78, 5) is 23.4. The zero-order valence-electron chi connectivity index (χ0n) is 13.9. The molecule has 0 atom stereocenters. The minimum Gasteiger partial charge on any atom is -0.326 e. The van der Waals surface area contributed by atoms with Crippen molar-refractivity contribution in [1.29, 1.82) is 0 Å². The molecule has 8 heteroatoms. The van der Waals surface area contributed by atoms with E-state index < -0.39 is 15.9 Å². The van der Waals surface area contributed by atoms with E-state index in [0.29, 0.717) is 11.4 Å². The number of benzene rings is 2. The van der Waals surface area contributed by atoms with Crippen molar-refractivity contribution in [3.05, 3.63) is 54.6 Å². The Morgan fingerprint density at radius 2 is 1.60 bits per heavy atom. The highest BCUT2D eigenvalue weighted by atomic mass is 32.2. The third kappa shape index (κ3) is 5.61. The third-order valence-corrected chi connectivity index (χ3v) is 4.34. The molecule has 0 bridgehead atoms. The third-order valence-electron chi connectivity index (χ3n) is 3.20. The molecule has 132 valence electrons. The Balaban J connectivity index is 2.22. The number of hydrogen-bond acceptors (Lipinski definition) is 4. The second kappa shape index (κ2) is 7.80. The molecule has 2 N–H and O–H groups in total. The summed E-state index contributed by atoms with van der Waals surface area (Å²) >= 11 is 0. The van der Waals surface area contributed by atoms with Gasteiger partial charge in [0.15, 0.2) is 0 Å². The standard InChI is InChI=1S/C17H19N3O4S/c1-13(21)18-15-9-6-10-16(11-15)20(25(2,23)24)12-17(22)19-14-7-4-3-5-8-14/h3-11H,12H2,1-2H3,(H,18,21)(H,19,22). The summed E-state index contributed by atoms with van der Waals surface area (Å²) in [7, 11) is -3.69. The second-order valence-corrected chi connectivity index (χ2v) is 7.32. The number of sulfonamides is 1. The highest BCUT2D eigenvalue weighted by molar-refractivity contribution is 7.92. The van der Waals surface area contributed by atoms with Crippen molar-refractivity contribution in [2.75, 3.05) is 27.7 Å². The van der Waals surface area contributed by atoms with Crippen LogP contribution in [0.25, 0.3) is 0 Å². The highest BCUT2D eigenvalue weighted by Gasteiger charge is 2.21. The van der Waals surface area contributed by atoms with Gasteiger partial charge in [-0.15, -0.1) is 0 Å².